The molecule has 2 amide bonds. The van der Waals surface area contributed by atoms with Gasteiger partial charge in [-0.2, -0.15) is 0 Å². The summed E-state index contributed by atoms with van der Waals surface area (Å²) >= 11 is 0. The fraction of sp³-hybridized carbons (Fsp3) is 0.276. The minimum Gasteiger partial charge on any atom is -0.478 e. The molecule has 4 N–H and O–H groups in total. The Kier molecular flexibility index (Phi) is 9.94. The number of rotatable bonds is 8. The summed E-state index contributed by atoms with van der Waals surface area (Å²) in [5.74, 6) is -1.34. The van der Waals surface area contributed by atoms with Gasteiger partial charge in [-0.1, -0.05) is 36.4 Å². The summed E-state index contributed by atoms with van der Waals surface area (Å²) < 4.78 is 5.40. The molecule has 0 aliphatic carbocycles. The van der Waals surface area contributed by atoms with E-state index in [4.69, 9.17) is 15.6 Å². The maximum absolute atomic E-state index is 11.3. The van der Waals surface area contributed by atoms with E-state index < -0.39 is 5.97 Å². The van der Waals surface area contributed by atoms with Crippen LogP contribution in [0, 0.1) is 6.92 Å². The number of carbonyl (C=O) groups is 3. The molecule has 1 unspecified atom stereocenters. The molecule has 37 heavy (non-hydrogen) atoms. The summed E-state index contributed by atoms with van der Waals surface area (Å²) in [6.07, 6.45) is 0.621. The first-order valence-electron chi connectivity index (χ1n) is 12.1. The Morgan fingerprint density at radius 3 is 2.32 bits per heavy atom. The fourth-order valence-corrected chi connectivity index (χ4v) is 4.11. The highest BCUT2D eigenvalue weighted by atomic mass is 16.5. The fourth-order valence-electron chi connectivity index (χ4n) is 4.11. The van der Waals surface area contributed by atoms with Crippen LogP contribution in [0.5, 0.6) is 0 Å². The highest BCUT2D eigenvalue weighted by molar-refractivity contribution is 5.93. The third-order valence-electron chi connectivity index (χ3n) is 6.23. The van der Waals surface area contributed by atoms with Crippen molar-refractivity contribution in [3.8, 4) is 11.1 Å². The molecule has 0 spiro atoms. The molecule has 3 aromatic carbocycles. The van der Waals surface area contributed by atoms with Crippen LogP contribution in [0.25, 0.3) is 11.1 Å². The van der Waals surface area contributed by atoms with E-state index in [9.17, 15) is 14.4 Å². The summed E-state index contributed by atoms with van der Waals surface area (Å²) in [5, 5.41) is 11.2. The van der Waals surface area contributed by atoms with Gasteiger partial charge in [0.25, 0.3) is 0 Å². The predicted molar refractivity (Wildman–Crippen MR) is 142 cm³/mol. The van der Waals surface area contributed by atoms with E-state index >= 15 is 0 Å². The highest BCUT2D eigenvalue weighted by Gasteiger charge is 2.12. The number of aromatic carboxylic acids is 1. The standard InChI is InChI=1S/C19H22N2O2.C10H11NO3/c1-14-11-17(19(20)22)5-6-18(14)16-4-2-3-15(12-16)13-21-7-9-23-10-8-21;1-7(11-6-12)8-2-4-9(5-3-8)10(13)14/h2-6,11-12H,7-10,13H2,1H3,(H2,20,22);2-7H,1H3,(H,11,12)(H,13,14). The molecule has 1 fully saturated rings. The number of benzene rings is 3. The van der Waals surface area contributed by atoms with Gasteiger partial charge in [0.05, 0.1) is 24.8 Å². The van der Waals surface area contributed by atoms with Gasteiger partial charge in [-0.3, -0.25) is 14.5 Å². The Labute approximate surface area is 217 Å². The zero-order valence-electron chi connectivity index (χ0n) is 21.1. The highest BCUT2D eigenvalue weighted by Crippen LogP contribution is 2.25. The summed E-state index contributed by atoms with van der Waals surface area (Å²) in [6, 6.07) is 20.5. The Morgan fingerprint density at radius 1 is 1.05 bits per heavy atom. The van der Waals surface area contributed by atoms with Gasteiger partial charge in [-0.15, -0.1) is 0 Å². The monoisotopic (exact) mass is 503 g/mol. The van der Waals surface area contributed by atoms with Gasteiger partial charge >= 0.3 is 5.97 Å². The molecule has 8 nitrogen and oxygen atoms in total. The number of carboxylic acids is 1. The van der Waals surface area contributed by atoms with Crippen molar-refractivity contribution < 1.29 is 24.2 Å². The third-order valence-corrected chi connectivity index (χ3v) is 6.23. The van der Waals surface area contributed by atoms with E-state index in [1.807, 2.05) is 26.0 Å². The number of primary amides is 1. The quantitative estimate of drug-likeness (QED) is 0.402. The topological polar surface area (TPSA) is 122 Å². The van der Waals surface area contributed by atoms with Gasteiger partial charge in [0.15, 0.2) is 0 Å². The summed E-state index contributed by atoms with van der Waals surface area (Å²) in [5.41, 5.74) is 11.7. The second-order valence-electron chi connectivity index (χ2n) is 8.92. The number of amides is 2. The maximum atomic E-state index is 11.3. The maximum Gasteiger partial charge on any atom is 0.335 e. The molecular weight excluding hydrogens is 470 g/mol. The second-order valence-corrected chi connectivity index (χ2v) is 8.92. The van der Waals surface area contributed by atoms with E-state index in [1.54, 1.807) is 18.2 Å². The molecule has 1 saturated heterocycles. The van der Waals surface area contributed by atoms with Crippen LogP contribution in [0.1, 0.15) is 50.4 Å². The first-order valence-corrected chi connectivity index (χ1v) is 12.1. The summed E-state index contributed by atoms with van der Waals surface area (Å²) in [4.78, 5) is 34.4. The Morgan fingerprint density at radius 2 is 1.73 bits per heavy atom. The van der Waals surface area contributed by atoms with Crippen molar-refractivity contribution in [1.29, 1.82) is 0 Å². The SMILES string of the molecule is CC(NC=O)c1ccc(C(=O)O)cc1.Cc1cc(C(N)=O)ccc1-c1cccc(CN2CCOCC2)c1. The molecule has 1 heterocycles. The van der Waals surface area contributed by atoms with Crippen LogP contribution in [0.4, 0.5) is 0 Å². The average molecular weight is 504 g/mol. The lowest BCUT2D eigenvalue weighted by atomic mass is 9.97. The number of carboxylic acid groups (broad SMARTS) is 1. The van der Waals surface area contributed by atoms with Crippen LogP contribution in [0.15, 0.2) is 66.7 Å². The molecule has 0 radical (unpaired) electrons. The van der Waals surface area contributed by atoms with Crippen LogP contribution in [0.2, 0.25) is 0 Å². The van der Waals surface area contributed by atoms with Crippen molar-refractivity contribution in [1.82, 2.24) is 10.2 Å². The Balaban J connectivity index is 0.000000233. The van der Waals surface area contributed by atoms with Crippen molar-refractivity contribution in [3.63, 3.8) is 0 Å². The molecule has 0 bridgehead atoms. The third kappa shape index (κ3) is 7.99. The number of aryl methyl sites for hydroxylation is 1. The smallest absolute Gasteiger partial charge is 0.335 e. The number of carbonyl (C=O) groups excluding carboxylic acids is 2. The Hall–Kier alpha value is -4.01. The van der Waals surface area contributed by atoms with E-state index in [0.717, 1.165) is 49.5 Å². The van der Waals surface area contributed by atoms with Gasteiger partial charge < -0.3 is 20.9 Å². The number of hydrogen-bond acceptors (Lipinski definition) is 5. The lowest BCUT2D eigenvalue weighted by molar-refractivity contribution is -0.110. The van der Waals surface area contributed by atoms with Gasteiger partial charge in [-0.25, -0.2) is 4.79 Å². The average Bonchev–Trinajstić information content (AvgIpc) is 2.90. The van der Waals surface area contributed by atoms with E-state index in [-0.39, 0.29) is 17.5 Å². The molecule has 1 aliphatic rings. The van der Waals surface area contributed by atoms with Crippen molar-refractivity contribution in [3.05, 3.63) is 94.5 Å². The lowest BCUT2D eigenvalue weighted by Gasteiger charge is -2.26. The number of nitrogens with one attached hydrogen (secondary N) is 1. The molecule has 8 heteroatoms. The minimum atomic E-state index is -0.951. The molecular formula is C29H33N3O5. The van der Waals surface area contributed by atoms with Gasteiger partial charge in [0.1, 0.15) is 0 Å². The summed E-state index contributed by atoms with van der Waals surface area (Å²) in [6.45, 7) is 8.37. The zero-order chi connectivity index (χ0) is 26.8. The van der Waals surface area contributed by atoms with Crippen molar-refractivity contribution >= 4 is 18.3 Å². The van der Waals surface area contributed by atoms with Crippen LogP contribution >= 0.6 is 0 Å². The number of morpholine rings is 1. The van der Waals surface area contributed by atoms with E-state index in [2.05, 4.69) is 34.5 Å². The number of hydrogen-bond donors (Lipinski definition) is 3. The molecule has 0 aromatic heterocycles. The first kappa shape index (κ1) is 27.6. The molecule has 194 valence electrons. The van der Waals surface area contributed by atoms with Crippen molar-refractivity contribution in [2.75, 3.05) is 26.3 Å². The van der Waals surface area contributed by atoms with Gasteiger partial charge in [0.2, 0.25) is 12.3 Å². The van der Waals surface area contributed by atoms with Gasteiger partial charge in [-0.05, 0) is 72.0 Å². The lowest BCUT2D eigenvalue weighted by Crippen LogP contribution is -2.35. The molecule has 0 saturated carbocycles. The molecule has 4 rings (SSSR count). The van der Waals surface area contributed by atoms with Crippen LogP contribution in [-0.2, 0) is 16.1 Å². The van der Waals surface area contributed by atoms with Crippen molar-refractivity contribution in [2.45, 2.75) is 26.4 Å². The van der Waals surface area contributed by atoms with E-state index in [0.29, 0.717) is 12.0 Å². The van der Waals surface area contributed by atoms with E-state index in [1.165, 1.54) is 23.3 Å². The largest absolute Gasteiger partial charge is 0.478 e. The van der Waals surface area contributed by atoms with Crippen molar-refractivity contribution in [2.24, 2.45) is 5.73 Å². The van der Waals surface area contributed by atoms with Crippen LogP contribution in [0.3, 0.4) is 0 Å². The molecule has 1 atom stereocenters. The first-order chi connectivity index (χ1) is 17.8. The number of nitrogens with zero attached hydrogens (tertiary/aromatic N) is 1. The van der Waals surface area contributed by atoms with Gasteiger partial charge in [0, 0.05) is 25.2 Å². The van der Waals surface area contributed by atoms with Crippen LogP contribution < -0.4 is 11.1 Å². The molecule has 1 aliphatic heterocycles. The summed E-state index contributed by atoms with van der Waals surface area (Å²) in [7, 11) is 0. The van der Waals surface area contributed by atoms with Crippen LogP contribution in [-0.4, -0.2) is 54.6 Å². The minimum absolute atomic E-state index is 0.102. The number of ether oxygens (including phenoxy) is 1. The normalized spacial score (nSPS) is 14.1. The molecule has 3 aromatic rings. The number of nitrogens with two attached hydrogens (primary N) is 1. The zero-order valence-corrected chi connectivity index (χ0v) is 21.1. The second kappa shape index (κ2) is 13.3. The predicted octanol–water partition coefficient (Wildman–Crippen LogP) is 3.78. The Bertz CT molecular complexity index is 1220.